The standard InChI is InChI=1S/C30H27B3FN7O2/c1-39(2)16-26(42)36-29-35-25-14-20(11-12-41(25)38-29)19-7-10-24-22(13-19)23(15-40(24)30(31,32)33)28(43)37-27(17-3-4-17)18-5-8-21(34)9-6-18/h5-15,17,27H,3-4,16H2,1-2H3,(H,37,43)(H,36,38,42)/t27-/m0/s1. The third kappa shape index (κ3) is 6.08. The van der Waals surface area contributed by atoms with Gasteiger partial charge in [-0.2, -0.15) is 4.98 Å². The van der Waals surface area contributed by atoms with Crippen molar-refractivity contribution in [3.05, 3.63) is 83.9 Å². The van der Waals surface area contributed by atoms with Crippen molar-refractivity contribution < 1.29 is 14.0 Å². The molecule has 3 heterocycles. The molecule has 1 fully saturated rings. The Kier molecular flexibility index (Phi) is 7.37. The molecule has 210 valence electrons. The monoisotopic (exact) mass is 569 g/mol. The fourth-order valence-corrected chi connectivity index (χ4v) is 5.27. The molecule has 0 aliphatic heterocycles. The second-order valence-electron chi connectivity index (χ2n) is 11.3. The summed E-state index contributed by atoms with van der Waals surface area (Å²) in [7, 11) is 21.8. The van der Waals surface area contributed by atoms with Gasteiger partial charge in [0.1, 0.15) is 5.82 Å². The van der Waals surface area contributed by atoms with E-state index in [-0.39, 0.29) is 42.1 Å². The first-order valence-corrected chi connectivity index (χ1v) is 13.9. The van der Waals surface area contributed by atoms with Crippen LogP contribution in [0.25, 0.3) is 27.7 Å². The highest BCUT2D eigenvalue weighted by Crippen LogP contribution is 2.41. The quantitative estimate of drug-likeness (QED) is 0.267. The van der Waals surface area contributed by atoms with Crippen molar-refractivity contribution in [3.8, 4) is 11.1 Å². The van der Waals surface area contributed by atoms with Crippen LogP contribution in [0, 0.1) is 11.7 Å². The lowest BCUT2D eigenvalue weighted by molar-refractivity contribution is -0.116. The second-order valence-corrected chi connectivity index (χ2v) is 11.3. The van der Waals surface area contributed by atoms with E-state index in [9.17, 15) is 14.0 Å². The highest BCUT2D eigenvalue weighted by molar-refractivity contribution is 6.57. The molecule has 1 atom stereocenters. The van der Waals surface area contributed by atoms with Crippen LogP contribution in [0.5, 0.6) is 0 Å². The SMILES string of the molecule is [B]C([B])([B])n1cc(C(=O)N[C@H](c2ccc(F)cc2)C2CC2)c2cc(-c3ccn4nc(NC(=O)CN(C)C)nc4c3)ccc21. The summed E-state index contributed by atoms with van der Waals surface area (Å²) in [6, 6.07) is 15.2. The van der Waals surface area contributed by atoms with Gasteiger partial charge in [0.25, 0.3) is 5.91 Å². The third-order valence-corrected chi connectivity index (χ3v) is 7.46. The molecule has 3 aromatic heterocycles. The van der Waals surface area contributed by atoms with Crippen molar-refractivity contribution in [3.63, 3.8) is 0 Å². The first-order valence-electron chi connectivity index (χ1n) is 13.9. The molecule has 0 saturated heterocycles. The smallest absolute Gasteiger partial charge is 0.253 e. The van der Waals surface area contributed by atoms with Gasteiger partial charge in [-0.25, -0.2) is 8.91 Å². The van der Waals surface area contributed by atoms with Crippen molar-refractivity contribution in [1.29, 1.82) is 0 Å². The Morgan fingerprint density at radius 2 is 1.79 bits per heavy atom. The predicted molar refractivity (Wildman–Crippen MR) is 166 cm³/mol. The summed E-state index contributed by atoms with van der Waals surface area (Å²) in [5, 5.41) is 9.02. The molecule has 2 N–H and O–H groups in total. The minimum Gasteiger partial charge on any atom is -0.366 e. The number of aromatic nitrogens is 4. The maximum absolute atomic E-state index is 13.8. The number of anilines is 1. The molecule has 0 unspecified atom stereocenters. The molecule has 0 bridgehead atoms. The minimum atomic E-state index is -1.75. The van der Waals surface area contributed by atoms with E-state index in [1.807, 2.05) is 30.3 Å². The molecule has 2 aromatic carbocycles. The molecular formula is C30H27B3FN7O2. The molecule has 2 amide bonds. The molecule has 9 nitrogen and oxygen atoms in total. The zero-order valence-electron chi connectivity index (χ0n) is 23.8. The average Bonchev–Trinajstić information content (AvgIpc) is 3.58. The predicted octanol–water partition coefficient (Wildman–Crippen LogP) is 2.94. The maximum Gasteiger partial charge on any atom is 0.253 e. The van der Waals surface area contributed by atoms with Gasteiger partial charge in [0.15, 0.2) is 5.65 Å². The van der Waals surface area contributed by atoms with E-state index < -0.39 is 5.24 Å². The van der Waals surface area contributed by atoms with E-state index in [4.69, 9.17) is 23.5 Å². The van der Waals surface area contributed by atoms with Gasteiger partial charge in [-0.05, 0) is 85.9 Å². The first kappa shape index (κ1) is 28.7. The molecule has 0 spiro atoms. The number of hydrogen-bond acceptors (Lipinski definition) is 5. The van der Waals surface area contributed by atoms with Crippen molar-refractivity contribution in [1.82, 2.24) is 29.4 Å². The van der Waals surface area contributed by atoms with Gasteiger partial charge in [0, 0.05) is 23.3 Å². The highest BCUT2D eigenvalue weighted by Gasteiger charge is 2.34. The van der Waals surface area contributed by atoms with Gasteiger partial charge in [-0.1, -0.05) is 23.4 Å². The Bertz CT molecular complexity index is 1840. The van der Waals surface area contributed by atoms with Crippen LogP contribution in [0.2, 0.25) is 0 Å². The number of carbonyl (C=O) groups is 2. The lowest BCUT2D eigenvalue weighted by Gasteiger charge is -2.24. The van der Waals surface area contributed by atoms with Crippen molar-refractivity contribution in [2.24, 2.45) is 5.92 Å². The van der Waals surface area contributed by atoms with E-state index in [0.29, 0.717) is 22.1 Å². The van der Waals surface area contributed by atoms with Crippen LogP contribution in [-0.2, 0) is 10.0 Å². The molecule has 43 heavy (non-hydrogen) atoms. The first-order chi connectivity index (χ1) is 20.5. The number of pyridine rings is 1. The van der Waals surface area contributed by atoms with Gasteiger partial charge < -0.3 is 14.8 Å². The number of rotatable bonds is 9. The van der Waals surface area contributed by atoms with Crippen LogP contribution < -0.4 is 10.6 Å². The van der Waals surface area contributed by atoms with Crippen molar-refractivity contribution >= 4 is 57.9 Å². The summed E-state index contributed by atoms with van der Waals surface area (Å²) in [4.78, 5) is 32.1. The molecular weight excluding hydrogens is 542 g/mol. The van der Waals surface area contributed by atoms with Gasteiger partial charge in [-0.15, -0.1) is 5.10 Å². The summed E-state index contributed by atoms with van der Waals surface area (Å²) in [6.45, 7) is 0.206. The van der Waals surface area contributed by atoms with Crippen molar-refractivity contribution in [2.75, 3.05) is 26.0 Å². The number of benzene rings is 2. The number of nitrogens with zero attached hydrogens (tertiary/aromatic N) is 5. The molecule has 6 radical (unpaired) electrons. The lowest BCUT2D eigenvalue weighted by atomic mass is 9.49. The highest BCUT2D eigenvalue weighted by atomic mass is 19.1. The number of carbonyl (C=O) groups excluding carboxylic acids is 2. The number of amides is 2. The molecule has 1 aliphatic carbocycles. The average molecular weight is 569 g/mol. The Labute approximate surface area is 252 Å². The number of hydrogen-bond donors (Lipinski definition) is 2. The summed E-state index contributed by atoms with van der Waals surface area (Å²) in [6.07, 6.45) is 5.24. The number of halogens is 1. The van der Waals surface area contributed by atoms with E-state index in [2.05, 4.69) is 20.7 Å². The Morgan fingerprint density at radius 3 is 2.47 bits per heavy atom. The zero-order valence-corrected chi connectivity index (χ0v) is 23.8. The third-order valence-electron chi connectivity index (χ3n) is 7.46. The summed E-state index contributed by atoms with van der Waals surface area (Å²) < 4.78 is 16.6. The molecule has 1 aliphatic rings. The van der Waals surface area contributed by atoms with Gasteiger partial charge in [0.05, 0.1) is 41.7 Å². The fourth-order valence-electron chi connectivity index (χ4n) is 5.27. The molecule has 13 heteroatoms. The van der Waals surface area contributed by atoms with Crippen LogP contribution in [-0.4, -0.2) is 80.1 Å². The number of fused-ring (bicyclic) bond motifs is 2. The van der Waals surface area contributed by atoms with E-state index in [1.165, 1.54) is 16.7 Å². The zero-order chi connectivity index (χ0) is 30.5. The Hall–Kier alpha value is -4.38. The van der Waals surface area contributed by atoms with Crippen LogP contribution in [0.3, 0.4) is 0 Å². The van der Waals surface area contributed by atoms with Crippen molar-refractivity contribution in [2.45, 2.75) is 24.1 Å². The topological polar surface area (TPSA) is 96.6 Å². The second kappa shape index (κ2) is 11.0. The van der Waals surface area contributed by atoms with Gasteiger partial charge >= 0.3 is 0 Å². The van der Waals surface area contributed by atoms with E-state index in [0.717, 1.165) is 29.5 Å². The Balaban J connectivity index is 1.35. The van der Waals surface area contributed by atoms with Crippen LogP contribution in [0.15, 0.2) is 67.0 Å². The maximum atomic E-state index is 13.8. The fraction of sp³-hybridized carbons (Fsp3) is 0.267. The number of nitrogens with one attached hydrogen (secondary N) is 2. The Morgan fingerprint density at radius 1 is 1.07 bits per heavy atom. The van der Waals surface area contributed by atoms with E-state index in [1.54, 1.807) is 48.0 Å². The van der Waals surface area contributed by atoms with Gasteiger partial charge in [0.2, 0.25) is 11.9 Å². The summed E-state index contributed by atoms with van der Waals surface area (Å²) in [5.41, 5.74) is 3.92. The van der Waals surface area contributed by atoms with E-state index >= 15 is 0 Å². The van der Waals surface area contributed by atoms with Crippen LogP contribution >= 0.6 is 0 Å². The summed E-state index contributed by atoms with van der Waals surface area (Å²) in [5.74, 6) is -0.408. The molecule has 5 aromatic rings. The normalized spacial score (nSPS) is 14.3. The van der Waals surface area contributed by atoms with Crippen LogP contribution in [0.4, 0.5) is 10.3 Å². The summed E-state index contributed by atoms with van der Waals surface area (Å²) >= 11 is 0. The minimum absolute atomic E-state index is 0.201. The largest absolute Gasteiger partial charge is 0.366 e. The van der Waals surface area contributed by atoms with Gasteiger partial charge in [-0.3, -0.25) is 14.9 Å². The number of likely N-dealkylation sites (N-methyl/N-ethyl adjacent to an activating group) is 1. The molecule has 1 saturated carbocycles. The molecule has 6 rings (SSSR count). The lowest BCUT2D eigenvalue weighted by Crippen LogP contribution is -2.34. The van der Waals surface area contributed by atoms with Crippen LogP contribution in [0.1, 0.15) is 34.8 Å².